The van der Waals surface area contributed by atoms with Gasteiger partial charge in [-0.1, -0.05) is 30.4 Å². The Kier molecular flexibility index (Phi) is 5.76. The summed E-state index contributed by atoms with van der Waals surface area (Å²) in [4.78, 5) is 26.7. The summed E-state index contributed by atoms with van der Waals surface area (Å²) in [6.45, 7) is 2.66. The number of ether oxygens (including phenoxy) is 1. The molecule has 30 heavy (non-hydrogen) atoms. The Labute approximate surface area is 178 Å². The molecule has 0 bridgehead atoms. The Morgan fingerprint density at radius 1 is 1.17 bits per heavy atom. The number of aromatic nitrogens is 2. The molecule has 2 aromatic carbocycles. The van der Waals surface area contributed by atoms with Gasteiger partial charge in [-0.05, 0) is 48.4 Å². The second kappa shape index (κ2) is 8.62. The van der Waals surface area contributed by atoms with Gasteiger partial charge in [-0.25, -0.2) is 0 Å². The predicted molar refractivity (Wildman–Crippen MR) is 116 cm³/mol. The van der Waals surface area contributed by atoms with E-state index in [1.54, 1.807) is 36.3 Å². The molecule has 8 heteroatoms. The van der Waals surface area contributed by atoms with Crippen molar-refractivity contribution < 1.29 is 14.3 Å². The highest BCUT2D eigenvalue weighted by atomic mass is 32.1. The zero-order valence-corrected chi connectivity index (χ0v) is 17.6. The second-order valence-electron chi connectivity index (χ2n) is 7.05. The maximum Gasteiger partial charge on any atom is 0.257 e. The number of hydrogen-bond donors (Lipinski definition) is 1. The smallest absolute Gasteiger partial charge is 0.257 e. The number of carbonyl (C=O) groups excluding carboxylic acids is 2. The zero-order chi connectivity index (χ0) is 21.1. The van der Waals surface area contributed by atoms with Crippen molar-refractivity contribution in [1.29, 1.82) is 0 Å². The van der Waals surface area contributed by atoms with Crippen LogP contribution in [0.2, 0.25) is 0 Å². The first-order valence-electron chi connectivity index (χ1n) is 9.75. The Hall–Kier alpha value is -3.26. The third kappa shape index (κ3) is 4.18. The lowest BCUT2D eigenvalue weighted by Gasteiger charge is -2.16. The largest absolute Gasteiger partial charge is 0.497 e. The molecular formula is C22H22N4O3S. The number of rotatable bonds is 6. The summed E-state index contributed by atoms with van der Waals surface area (Å²) in [5.41, 5.74) is 2.64. The Morgan fingerprint density at radius 2 is 1.90 bits per heavy atom. The van der Waals surface area contributed by atoms with Crippen LogP contribution in [0.5, 0.6) is 5.75 Å². The SMILES string of the molecule is CCc1ccc(N2CC(c3nnc(NC(=O)c4ccc(OC)cc4)s3)CC2=O)cc1. The lowest BCUT2D eigenvalue weighted by molar-refractivity contribution is -0.117. The van der Waals surface area contributed by atoms with E-state index in [4.69, 9.17) is 4.74 Å². The summed E-state index contributed by atoms with van der Waals surface area (Å²) in [6.07, 6.45) is 1.35. The van der Waals surface area contributed by atoms with Crippen LogP contribution in [0.1, 0.15) is 40.2 Å². The van der Waals surface area contributed by atoms with E-state index in [0.717, 1.165) is 17.1 Å². The number of nitrogens with zero attached hydrogens (tertiary/aromatic N) is 3. The predicted octanol–water partition coefficient (Wildman–Crippen LogP) is 3.88. The topological polar surface area (TPSA) is 84.4 Å². The van der Waals surface area contributed by atoms with Gasteiger partial charge in [0.2, 0.25) is 11.0 Å². The standard InChI is InChI=1S/C22H22N4O3S/c1-3-14-4-8-17(9-5-14)26-13-16(12-19(26)27)21-24-25-22(30-21)23-20(28)15-6-10-18(29-2)11-7-15/h4-11,16H,3,12-13H2,1-2H3,(H,23,25,28). The maximum absolute atomic E-state index is 12.5. The third-order valence-corrected chi connectivity index (χ3v) is 6.15. The number of anilines is 2. The average molecular weight is 423 g/mol. The first-order valence-corrected chi connectivity index (χ1v) is 10.6. The van der Waals surface area contributed by atoms with Crippen LogP contribution in [0.4, 0.5) is 10.8 Å². The number of benzene rings is 2. The lowest BCUT2D eigenvalue weighted by atomic mass is 10.1. The van der Waals surface area contributed by atoms with Crippen LogP contribution in [0.15, 0.2) is 48.5 Å². The van der Waals surface area contributed by atoms with E-state index in [1.807, 2.05) is 24.3 Å². The first kappa shape index (κ1) is 20.0. The fourth-order valence-electron chi connectivity index (χ4n) is 3.40. The Morgan fingerprint density at radius 3 is 2.57 bits per heavy atom. The molecule has 1 fully saturated rings. The van der Waals surface area contributed by atoms with Crippen molar-refractivity contribution in [3.63, 3.8) is 0 Å². The molecular weight excluding hydrogens is 400 g/mol. The first-order chi connectivity index (χ1) is 14.6. The molecule has 1 saturated heterocycles. The lowest BCUT2D eigenvalue weighted by Crippen LogP contribution is -2.24. The van der Waals surface area contributed by atoms with Gasteiger partial charge in [-0.15, -0.1) is 10.2 Å². The molecule has 7 nitrogen and oxygen atoms in total. The van der Waals surface area contributed by atoms with Crippen molar-refractivity contribution in [3.8, 4) is 5.75 Å². The Bertz CT molecular complexity index is 1050. The van der Waals surface area contributed by atoms with Gasteiger partial charge >= 0.3 is 0 Å². The van der Waals surface area contributed by atoms with Crippen molar-refractivity contribution >= 4 is 34.0 Å². The van der Waals surface area contributed by atoms with Crippen LogP contribution in [0, 0.1) is 0 Å². The van der Waals surface area contributed by atoms with Crippen molar-refractivity contribution in [2.45, 2.75) is 25.7 Å². The zero-order valence-electron chi connectivity index (χ0n) is 16.8. The van der Waals surface area contributed by atoms with Crippen LogP contribution in [-0.2, 0) is 11.2 Å². The molecule has 1 aromatic heterocycles. The molecule has 0 spiro atoms. The van der Waals surface area contributed by atoms with E-state index in [9.17, 15) is 9.59 Å². The highest BCUT2D eigenvalue weighted by Gasteiger charge is 2.34. The number of carbonyl (C=O) groups is 2. The molecule has 1 aliphatic rings. The van der Waals surface area contributed by atoms with Crippen LogP contribution in [0.3, 0.4) is 0 Å². The Balaban J connectivity index is 1.42. The van der Waals surface area contributed by atoms with Crippen LogP contribution >= 0.6 is 11.3 Å². The summed E-state index contributed by atoms with van der Waals surface area (Å²) in [5, 5.41) is 12.2. The van der Waals surface area contributed by atoms with Crippen molar-refractivity contribution in [2.75, 3.05) is 23.9 Å². The fraction of sp³-hybridized carbons (Fsp3) is 0.273. The number of hydrogen-bond acceptors (Lipinski definition) is 6. The number of aryl methyl sites for hydroxylation is 1. The van der Waals surface area contributed by atoms with Crippen LogP contribution in [0.25, 0.3) is 0 Å². The molecule has 0 radical (unpaired) electrons. The van der Waals surface area contributed by atoms with Crippen molar-refractivity contribution in [2.24, 2.45) is 0 Å². The summed E-state index contributed by atoms with van der Waals surface area (Å²) >= 11 is 1.31. The highest BCUT2D eigenvalue weighted by molar-refractivity contribution is 7.15. The van der Waals surface area contributed by atoms with Gasteiger partial charge in [-0.3, -0.25) is 14.9 Å². The molecule has 0 saturated carbocycles. The number of amides is 2. The normalized spacial score (nSPS) is 16.0. The molecule has 1 N–H and O–H groups in total. The van der Waals surface area contributed by atoms with Crippen molar-refractivity contribution in [1.82, 2.24) is 10.2 Å². The molecule has 0 aliphatic carbocycles. The van der Waals surface area contributed by atoms with Crippen molar-refractivity contribution in [3.05, 3.63) is 64.7 Å². The monoisotopic (exact) mass is 422 g/mol. The van der Waals surface area contributed by atoms with Crippen LogP contribution < -0.4 is 15.0 Å². The van der Waals surface area contributed by atoms with E-state index in [0.29, 0.717) is 29.4 Å². The average Bonchev–Trinajstić information content (AvgIpc) is 3.40. The molecule has 2 heterocycles. The fourth-order valence-corrected chi connectivity index (χ4v) is 4.23. The third-order valence-electron chi connectivity index (χ3n) is 5.14. The molecule has 1 aliphatic heterocycles. The summed E-state index contributed by atoms with van der Waals surface area (Å²) in [7, 11) is 1.58. The minimum Gasteiger partial charge on any atom is -0.497 e. The summed E-state index contributed by atoms with van der Waals surface area (Å²) in [5.74, 6) is 0.459. The summed E-state index contributed by atoms with van der Waals surface area (Å²) < 4.78 is 5.10. The number of nitrogens with one attached hydrogen (secondary N) is 1. The van der Waals surface area contributed by atoms with E-state index < -0.39 is 0 Å². The minimum absolute atomic E-state index is 0.0347. The molecule has 2 amide bonds. The summed E-state index contributed by atoms with van der Waals surface area (Å²) in [6, 6.07) is 14.9. The quantitative estimate of drug-likeness (QED) is 0.652. The van der Waals surface area contributed by atoms with Gasteiger partial charge in [0.25, 0.3) is 5.91 Å². The second-order valence-corrected chi connectivity index (χ2v) is 8.06. The number of methoxy groups -OCH3 is 1. The molecule has 3 aromatic rings. The molecule has 1 atom stereocenters. The van der Waals surface area contributed by atoms with Gasteiger partial charge in [0.1, 0.15) is 10.8 Å². The highest BCUT2D eigenvalue weighted by Crippen LogP contribution is 2.34. The van der Waals surface area contributed by atoms with Gasteiger partial charge < -0.3 is 9.64 Å². The van der Waals surface area contributed by atoms with Gasteiger partial charge in [0.15, 0.2) is 0 Å². The van der Waals surface area contributed by atoms with E-state index >= 15 is 0 Å². The van der Waals surface area contributed by atoms with E-state index in [-0.39, 0.29) is 17.7 Å². The molecule has 154 valence electrons. The van der Waals surface area contributed by atoms with E-state index in [1.165, 1.54) is 16.9 Å². The van der Waals surface area contributed by atoms with E-state index in [2.05, 4.69) is 22.4 Å². The van der Waals surface area contributed by atoms with Gasteiger partial charge in [0, 0.05) is 30.1 Å². The minimum atomic E-state index is -0.263. The van der Waals surface area contributed by atoms with Gasteiger partial charge in [-0.2, -0.15) is 0 Å². The maximum atomic E-state index is 12.5. The van der Waals surface area contributed by atoms with Crippen LogP contribution in [-0.4, -0.2) is 35.7 Å². The van der Waals surface area contributed by atoms with Gasteiger partial charge in [0.05, 0.1) is 7.11 Å². The molecule has 1 unspecified atom stereocenters. The molecule has 4 rings (SSSR count).